The minimum absolute atomic E-state index is 0.586. The second-order valence-corrected chi connectivity index (χ2v) is 3.98. The molecular formula is C11H19N. The highest BCUT2D eigenvalue weighted by molar-refractivity contribution is 5.30. The van der Waals surface area contributed by atoms with Crippen LogP contribution in [0.5, 0.6) is 0 Å². The molecule has 0 aromatic carbocycles. The van der Waals surface area contributed by atoms with Crippen molar-refractivity contribution in [2.45, 2.75) is 33.7 Å². The van der Waals surface area contributed by atoms with Crippen LogP contribution in [0, 0.1) is 11.8 Å². The van der Waals surface area contributed by atoms with Crippen LogP contribution >= 0.6 is 0 Å². The first kappa shape index (κ1) is 9.37. The molecule has 0 radical (unpaired) electrons. The maximum atomic E-state index is 3.98. The first-order valence-corrected chi connectivity index (χ1v) is 4.66. The highest BCUT2D eigenvalue weighted by atomic mass is 14.9. The zero-order valence-electron chi connectivity index (χ0n) is 8.52. The van der Waals surface area contributed by atoms with E-state index in [0.717, 1.165) is 0 Å². The summed E-state index contributed by atoms with van der Waals surface area (Å²) in [6, 6.07) is 0.586. The van der Waals surface area contributed by atoms with Crippen LogP contribution in [0.25, 0.3) is 0 Å². The van der Waals surface area contributed by atoms with E-state index in [2.05, 4.69) is 45.8 Å². The third-order valence-electron chi connectivity index (χ3n) is 3.06. The molecule has 12 heavy (non-hydrogen) atoms. The Kier molecular flexibility index (Phi) is 2.61. The average Bonchev–Trinajstić information content (AvgIpc) is 2.00. The van der Waals surface area contributed by atoms with E-state index in [1.165, 1.54) is 11.1 Å². The Morgan fingerprint density at radius 3 is 2.50 bits per heavy atom. The minimum Gasteiger partial charge on any atom is -0.388 e. The summed E-state index contributed by atoms with van der Waals surface area (Å²) in [6.45, 7) is 12.9. The van der Waals surface area contributed by atoms with Crippen LogP contribution in [0.4, 0.5) is 0 Å². The summed E-state index contributed by atoms with van der Waals surface area (Å²) in [4.78, 5) is 0. The van der Waals surface area contributed by atoms with E-state index >= 15 is 0 Å². The zero-order valence-corrected chi connectivity index (χ0v) is 8.52. The Hall–Kier alpha value is -0.720. The lowest BCUT2D eigenvalue weighted by Gasteiger charge is -2.33. The molecule has 1 heteroatoms. The summed E-state index contributed by atoms with van der Waals surface area (Å²) in [5.74, 6) is 1.33. The fourth-order valence-electron chi connectivity index (χ4n) is 1.73. The molecule has 0 saturated heterocycles. The van der Waals surface area contributed by atoms with Gasteiger partial charge in [-0.3, -0.25) is 0 Å². The maximum Gasteiger partial charge on any atom is 0.0258 e. The number of hydrogen-bond acceptors (Lipinski definition) is 1. The van der Waals surface area contributed by atoms with Crippen LogP contribution in [0.1, 0.15) is 27.7 Å². The van der Waals surface area contributed by atoms with E-state index in [1.54, 1.807) is 0 Å². The quantitative estimate of drug-likeness (QED) is 0.630. The van der Waals surface area contributed by atoms with Gasteiger partial charge < -0.3 is 5.32 Å². The molecule has 0 aromatic heterocycles. The van der Waals surface area contributed by atoms with E-state index in [9.17, 15) is 0 Å². The first-order chi connectivity index (χ1) is 5.54. The molecule has 0 saturated carbocycles. The summed E-state index contributed by atoms with van der Waals surface area (Å²) in [6.07, 6.45) is 2.12. The molecule has 1 nitrogen and oxygen atoms in total. The Labute approximate surface area is 75.6 Å². The van der Waals surface area contributed by atoms with Gasteiger partial charge in [-0.25, -0.2) is 0 Å². The lowest BCUT2D eigenvalue weighted by molar-refractivity contribution is 0.329. The van der Waals surface area contributed by atoms with Gasteiger partial charge in [0.15, 0.2) is 0 Å². The summed E-state index contributed by atoms with van der Waals surface area (Å²) < 4.78 is 0. The standard InChI is InChI=1S/C11H19N/c1-7(2)11-6-12-10(5)8(3)9(11)4/h6,8-10,12H,1H2,2-5H3. The van der Waals surface area contributed by atoms with Crippen molar-refractivity contribution in [3.8, 4) is 0 Å². The van der Waals surface area contributed by atoms with E-state index in [1.807, 2.05) is 0 Å². The Balaban J connectivity index is 2.84. The lowest BCUT2D eigenvalue weighted by Crippen LogP contribution is -2.37. The fourth-order valence-corrected chi connectivity index (χ4v) is 1.73. The molecule has 0 spiro atoms. The summed E-state index contributed by atoms with van der Waals surface area (Å²) in [5, 5.41) is 3.37. The van der Waals surface area contributed by atoms with Gasteiger partial charge in [0.25, 0.3) is 0 Å². The Bertz CT molecular complexity index is 215. The zero-order chi connectivity index (χ0) is 9.30. The summed E-state index contributed by atoms with van der Waals surface area (Å²) in [5.41, 5.74) is 2.56. The van der Waals surface area contributed by atoms with Gasteiger partial charge in [0, 0.05) is 12.2 Å². The van der Waals surface area contributed by atoms with E-state index in [0.29, 0.717) is 17.9 Å². The molecule has 1 heterocycles. The molecule has 0 amide bonds. The second-order valence-electron chi connectivity index (χ2n) is 3.98. The van der Waals surface area contributed by atoms with Gasteiger partial charge in [-0.2, -0.15) is 0 Å². The largest absolute Gasteiger partial charge is 0.388 e. The molecule has 0 bridgehead atoms. The monoisotopic (exact) mass is 165 g/mol. The minimum atomic E-state index is 0.586. The predicted octanol–water partition coefficient (Wildman–Crippen LogP) is 2.71. The van der Waals surface area contributed by atoms with Crippen LogP contribution in [0.3, 0.4) is 0 Å². The van der Waals surface area contributed by atoms with Crippen LogP contribution < -0.4 is 5.32 Å². The molecule has 68 valence electrons. The molecule has 0 fully saturated rings. The highest BCUT2D eigenvalue weighted by Gasteiger charge is 2.25. The number of allylic oxidation sites excluding steroid dienone is 2. The molecule has 3 atom stereocenters. The first-order valence-electron chi connectivity index (χ1n) is 4.66. The van der Waals surface area contributed by atoms with E-state index < -0.39 is 0 Å². The van der Waals surface area contributed by atoms with Crippen molar-refractivity contribution in [2.75, 3.05) is 0 Å². The van der Waals surface area contributed by atoms with Gasteiger partial charge in [-0.15, -0.1) is 0 Å². The van der Waals surface area contributed by atoms with Gasteiger partial charge >= 0.3 is 0 Å². The molecular weight excluding hydrogens is 146 g/mol. The van der Waals surface area contributed by atoms with Crippen molar-refractivity contribution in [2.24, 2.45) is 11.8 Å². The molecule has 1 N–H and O–H groups in total. The second kappa shape index (κ2) is 3.34. The van der Waals surface area contributed by atoms with Gasteiger partial charge in [0.2, 0.25) is 0 Å². The van der Waals surface area contributed by atoms with E-state index in [-0.39, 0.29) is 0 Å². The normalized spacial score (nSPS) is 35.3. The highest BCUT2D eigenvalue weighted by Crippen LogP contribution is 2.30. The van der Waals surface area contributed by atoms with Crippen molar-refractivity contribution in [1.29, 1.82) is 0 Å². The molecule has 0 aliphatic carbocycles. The third kappa shape index (κ3) is 1.55. The topological polar surface area (TPSA) is 12.0 Å². The fraction of sp³-hybridized carbons (Fsp3) is 0.636. The van der Waals surface area contributed by atoms with Crippen molar-refractivity contribution >= 4 is 0 Å². The van der Waals surface area contributed by atoms with Crippen LogP contribution in [0.2, 0.25) is 0 Å². The molecule has 0 aromatic rings. The van der Waals surface area contributed by atoms with Crippen molar-refractivity contribution in [3.63, 3.8) is 0 Å². The van der Waals surface area contributed by atoms with Crippen molar-refractivity contribution in [1.82, 2.24) is 5.32 Å². The van der Waals surface area contributed by atoms with Crippen molar-refractivity contribution < 1.29 is 0 Å². The predicted molar refractivity (Wildman–Crippen MR) is 53.8 cm³/mol. The molecule has 3 unspecified atom stereocenters. The van der Waals surface area contributed by atoms with Gasteiger partial charge in [-0.05, 0) is 31.3 Å². The number of hydrogen-bond donors (Lipinski definition) is 1. The molecule has 1 aliphatic heterocycles. The van der Waals surface area contributed by atoms with Gasteiger partial charge in [0.1, 0.15) is 0 Å². The lowest BCUT2D eigenvalue weighted by atomic mass is 9.80. The van der Waals surface area contributed by atoms with Crippen molar-refractivity contribution in [3.05, 3.63) is 23.9 Å². The smallest absolute Gasteiger partial charge is 0.0258 e. The van der Waals surface area contributed by atoms with Crippen LogP contribution in [0.15, 0.2) is 23.9 Å². The SMILES string of the molecule is C=C(C)C1=CNC(C)C(C)C1C. The van der Waals surface area contributed by atoms with E-state index in [4.69, 9.17) is 0 Å². The number of rotatable bonds is 1. The summed E-state index contributed by atoms with van der Waals surface area (Å²) in [7, 11) is 0. The maximum absolute atomic E-state index is 3.98. The number of nitrogens with one attached hydrogen (secondary N) is 1. The summed E-state index contributed by atoms with van der Waals surface area (Å²) >= 11 is 0. The average molecular weight is 165 g/mol. The Morgan fingerprint density at radius 2 is 2.00 bits per heavy atom. The molecule has 1 aliphatic rings. The Morgan fingerprint density at radius 1 is 1.42 bits per heavy atom. The molecule has 1 rings (SSSR count). The van der Waals surface area contributed by atoms with Crippen LogP contribution in [-0.4, -0.2) is 6.04 Å². The van der Waals surface area contributed by atoms with Gasteiger partial charge in [0.05, 0.1) is 0 Å². The van der Waals surface area contributed by atoms with Gasteiger partial charge in [-0.1, -0.05) is 26.0 Å². The van der Waals surface area contributed by atoms with Crippen LogP contribution in [-0.2, 0) is 0 Å². The third-order valence-corrected chi connectivity index (χ3v) is 3.06.